The van der Waals surface area contributed by atoms with Crippen LogP contribution in [-0.2, 0) is 4.74 Å². The second kappa shape index (κ2) is 13.1. The molecule has 0 radical (unpaired) electrons. The van der Waals surface area contributed by atoms with Gasteiger partial charge in [0.25, 0.3) is 0 Å². The second-order valence-electron chi connectivity index (χ2n) is 11.4. The first-order valence-corrected chi connectivity index (χ1v) is 15.0. The first kappa shape index (κ1) is 27.9. The molecule has 0 spiro atoms. The van der Waals surface area contributed by atoms with Gasteiger partial charge in [-0.3, -0.25) is 9.88 Å². The summed E-state index contributed by atoms with van der Waals surface area (Å²) in [5.41, 5.74) is 2.02. The van der Waals surface area contributed by atoms with Crippen LogP contribution < -0.4 is 19.7 Å². The fraction of sp³-hybridized carbons (Fsp3) is 0.600. The number of anilines is 2. The molecule has 0 unspecified atom stereocenters. The maximum Gasteiger partial charge on any atom is 0.225 e. The lowest BCUT2D eigenvalue weighted by Gasteiger charge is -2.32. The molecule has 41 heavy (non-hydrogen) atoms. The van der Waals surface area contributed by atoms with Crippen LogP contribution >= 0.6 is 0 Å². The van der Waals surface area contributed by atoms with Gasteiger partial charge in [-0.05, 0) is 51.3 Å². The van der Waals surface area contributed by atoms with Gasteiger partial charge >= 0.3 is 0 Å². The molecule has 5 heterocycles. The molecule has 0 amide bonds. The highest BCUT2D eigenvalue weighted by Crippen LogP contribution is 2.32. The van der Waals surface area contributed by atoms with Crippen molar-refractivity contribution in [3.05, 3.63) is 36.3 Å². The van der Waals surface area contributed by atoms with Crippen molar-refractivity contribution in [2.45, 2.75) is 44.8 Å². The van der Waals surface area contributed by atoms with Crippen molar-refractivity contribution in [1.29, 1.82) is 0 Å². The van der Waals surface area contributed by atoms with E-state index in [-0.39, 0.29) is 6.10 Å². The Morgan fingerprint density at radius 3 is 2.44 bits per heavy atom. The maximum atomic E-state index is 6.57. The van der Waals surface area contributed by atoms with E-state index in [1.54, 1.807) is 12.4 Å². The zero-order chi connectivity index (χ0) is 28.0. The van der Waals surface area contributed by atoms with Gasteiger partial charge in [-0.2, -0.15) is 4.98 Å². The normalized spacial score (nSPS) is 22.5. The van der Waals surface area contributed by atoms with Crippen LogP contribution in [0, 0.1) is 6.92 Å². The predicted molar refractivity (Wildman–Crippen MR) is 159 cm³/mol. The average Bonchev–Trinajstić information content (AvgIpc) is 3.00. The molecule has 6 rings (SSSR count). The third-order valence-electron chi connectivity index (χ3n) is 8.29. The Morgan fingerprint density at radius 2 is 1.68 bits per heavy atom. The smallest absolute Gasteiger partial charge is 0.225 e. The van der Waals surface area contributed by atoms with Crippen LogP contribution in [0.5, 0.6) is 11.6 Å². The number of rotatable bonds is 9. The minimum Gasteiger partial charge on any atom is -0.489 e. The van der Waals surface area contributed by atoms with E-state index in [9.17, 15) is 0 Å². The Hall–Kier alpha value is -3.28. The maximum absolute atomic E-state index is 6.57. The lowest BCUT2D eigenvalue weighted by atomic mass is 9.93. The molecule has 1 aliphatic carbocycles. The third kappa shape index (κ3) is 7.33. The molecule has 0 bridgehead atoms. The van der Waals surface area contributed by atoms with Gasteiger partial charge in [0.05, 0.1) is 36.5 Å². The lowest BCUT2D eigenvalue weighted by Crippen LogP contribution is -2.45. The monoisotopic (exact) mass is 562 g/mol. The van der Waals surface area contributed by atoms with Crippen molar-refractivity contribution in [3.63, 3.8) is 0 Å². The Labute approximate surface area is 242 Å². The standard InChI is InChI=1S/C30H42N8O3/c1-22-17-26-27(31-19-22)18-28(38-12-14-39-15-13-38)35-29(26)41-24-5-3-23(4-6-24)34-30-32-20-25(21-33-30)40-16-11-37-9-7-36(2)8-10-37/h17-21,23-24H,3-16H2,1-2H3,(H,32,33,34)/t23-,24+. The number of hydrogen-bond donors (Lipinski definition) is 1. The van der Waals surface area contributed by atoms with Crippen LogP contribution in [0.25, 0.3) is 10.9 Å². The molecule has 11 nitrogen and oxygen atoms in total. The number of piperazine rings is 1. The van der Waals surface area contributed by atoms with Gasteiger partial charge in [0, 0.05) is 64.1 Å². The van der Waals surface area contributed by atoms with E-state index in [1.807, 2.05) is 6.20 Å². The van der Waals surface area contributed by atoms with Gasteiger partial charge in [0.1, 0.15) is 18.5 Å². The summed E-state index contributed by atoms with van der Waals surface area (Å²) < 4.78 is 18.0. The summed E-state index contributed by atoms with van der Waals surface area (Å²) in [6.07, 6.45) is 9.39. The number of pyridine rings is 2. The van der Waals surface area contributed by atoms with Crippen LogP contribution in [0.15, 0.2) is 30.7 Å². The second-order valence-corrected chi connectivity index (χ2v) is 11.4. The van der Waals surface area contributed by atoms with Crippen molar-refractivity contribution >= 4 is 22.7 Å². The molecule has 3 aromatic rings. The Balaban J connectivity index is 0.999. The third-order valence-corrected chi connectivity index (χ3v) is 8.29. The van der Waals surface area contributed by atoms with E-state index in [0.29, 0.717) is 43.4 Å². The van der Waals surface area contributed by atoms with Crippen molar-refractivity contribution in [2.24, 2.45) is 0 Å². The quantitative estimate of drug-likeness (QED) is 0.417. The Kier molecular flexibility index (Phi) is 8.93. The molecule has 11 heteroatoms. The van der Waals surface area contributed by atoms with Crippen LogP contribution in [0.2, 0.25) is 0 Å². The molecule has 3 aromatic heterocycles. The van der Waals surface area contributed by atoms with Crippen molar-refractivity contribution in [2.75, 3.05) is 82.9 Å². The minimum absolute atomic E-state index is 0.112. The summed E-state index contributed by atoms with van der Waals surface area (Å²) in [4.78, 5) is 25.7. The van der Waals surface area contributed by atoms with E-state index in [4.69, 9.17) is 19.2 Å². The fourth-order valence-corrected chi connectivity index (χ4v) is 5.72. The molecular weight excluding hydrogens is 520 g/mol. The number of morpholine rings is 1. The number of ether oxygens (including phenoxy) is 3. The van der Waals surface area contributed by atoms with Gasteiger partial charge in [-0.1, -0.05) is 0 Å². The SMILES string of the molecule is Cc1cnc2cc(N3CCOCC3)nc(O[C@H]3CC[C@@H](Nc4ncc(OCCN5CCN(C)CC5)cn4)CC3)c2c1. The van der Waals surface area contributed by atoms with Crippen molar-refractivity contribution in [3.8, 4) is 11.6 Å². The summed E-state index contributed by atoms with van der Waals surface area (Å²) >= 11 is 0. The van der Waals surface area contributed by atoms with Gasteiger partial charge in [0.2, 0.25) is 11.8 Å². The first-order chi connectivity index (χ1) is 20.1. The molecule has 1 N–H and O–H groups in total. The number of likely N-dealkylation sites (N-methyl/N-ethyl adjacent to an activating group) is 1. The molecule has 0 atom stereocenters. The van der Waals surface area contributed by atoms with Gasteiger partial charge in [-0.15, -0.1) is 0 Å². The molecule has 0 aromatic carbocycles. The first-order valence-electron chi connectivity index (χ1n) is 15.0. The summed E-state index contributed by atoms with van der Waals surface area (Å²) in [5.74, 6) is 2.95. The molecular formula is C30H42N8O3. The molecule has 2 saturated heterocycles. The van der Waals surface area contributed by atoms with E-state index in [1.165, 1.54) is 0 Å². The number of nitrogens with one attached hydrogen (secondary N) is 1. The van der Waals surface area contributed by atoms with Crippen LogP contribution in [0.4, 0.5) is 11.8 Å². The topological polar surface area (TPSA) is 101 Å². The zero-order valence-corrected chi connectivity index (χ0v) is 24.3. The zero-order valence-electron chi connectivity index (χ0n) is 24.3. The highest BCUT2D eigenvalue weighted by atomic mass is 16.5. The molecule has 1 saturated carbocycles. The van der Waals surface area contributed by atoms with E-state index in [2.05, 4.69) is 61.1 Å². The highest BCUT2D eigenvalue weighted by molar-refractivity contribution is 5.86. The van der Waals surface area contributed by atoms with Crippen LogP contribution in [0.3, 0.4) is 0 Å². The van der Waals surface area contributed by atoms with Gasteiger partial charge in [-0.25, -0.2) is 9.97 Å². The van der Waals surface area contributed by atoms with Crippen molar-refractivity contribution in [1.82, 2.24) is 29.7 Å². The number of aromatic nitrogens is 4. The van der Waals surface area contributed by atoms with Crippen LogP contribution in [0.1, 0.15) is 31.2 Å². The Bertz CT molecular complexity index is 1270. The molecule has 3 fully saturated rings. The fourth-order valence-electron chi connectivity index (χ4n) is 5.72. The largest absolute Gasteiger partial charge is 0.489 e. The van der Waals surface area contributed by atoms with Crippen molar-refractivity contribution < 1.29 is 14.2 Å². The number of hydrogen-bond acceptors (Lipinski definition) is 11. The summed E-state index contributed by atoms with van der Waals surface area (Å²) in [6.45, 7) is 11.1. The number of aryl methyl sites for hydroxylation is 1. The minimum atomic E-state index is 0.112. The highest BCUT2D eigenvalue weighted by Gasteiger charge is 2.25. The predicted octanol–water partition coefficient (Wildman–Crippen LogP) is 2.99. The van der Waals surface area contributed by atoms with E-state index >= 15 is 0 Å². The van der Waals surface area contributed by atoms with E-state index < -0.39 is 0 Å². The van der Waals surface area contributed by atoms with Gasteiger partial charge in [0.15, 0.2) is 5.75 Å². The average molecular weight is 563 g/mol. The summed E-state index contributed by atoms with van der Waals surface area (Å²) in [6, 6.07) is 4.50. The van der Waals surface area contributed by atoms with E-state index in [0.717, 1.165) is 93.8 Å². The molecule has 220 valence electrons. The number of fused-ring (bicyclic) bond motifs is 1. The van der Waals surface area contributed by atoms with Crippen LogP contribution in [-0.4, -0.2) is 115 Å². The Morgan fingerprint density at radius 1 is 0.927 bits per heavy atom. The summed E-state index contributed by atoms with van der Waals surface area (Å²) in [5, 5.41) is 4.48. The number of nitrogens with zero attached hydrogens (tertiary/aromatic N) is 7. The molecule has 3 aliphatic rings. The lowest BCUT2D eigenvalue weighted by molar-refractivity contribution is 0.122. The summed E-state index contributed by atoms with van der Waals surface area (Å²) in [7, 11) is 2.17. The molecule has 2 aliphatic heterocycles. The van der Waals surface area contributed by atoms with Gasteiger partial charge < -0.3 is 29.3 Å².